The maximum absolute atomic E-state index is 14.3. The molecule has 2 aliphatic heterocycles. The van der Waals surface area contributed by atoms with Crippen LogP contribution in [0, 0.1) is 0 Å². The van der Waals surface area contributed by atoms with Crippen LogP contribution < -0.4 is 0 Å². The maximum atomic E-state index is 14.3. The van der Waals surface area contributed by atoms with E-state index in [1.165, 1.54) is 35.3 Å². The highest BCUT2D eigenvalue weighted by atomic mass is 35.5. The van der Waals surface area contributed by atoms with Gasteiger partial charge in [0.15, 0.2) is 6.17 Å². The van der Waals surface area contributed by atoms with Crippen molar-refractivity contribution in [2.45, 2.75) is 18.9 Å². The van der Waals surface area contributed by atoms with Gasteiger partial charge in [0.2, 0.25) is 0 Å². The van der Waals surface area contributed by atoms with Gasteiger partial charge in [-0.2, -0.15) is 18.3 Å². The first-order chi connectivity index (χ1) is 17.0. The summed E-state index contributed by atoms with van der Waals surface area (Å²) < 4.78 is 56.1. The van der Waals surface area contributed by atoms with Crippen LogP contribution in [-0.2, 0) is 17.5 Å². The number of nitrogens with zero attached hydrogens (tertiary/aromatic N) is 4. The number of imide groups is 1. The van der Waals surface area contributed by atoms with Gasteiger partial charge in [-0.15, -0.1) is 0 Å². The Morgan fingerprint density at radius 2 is 1.97 bits per heavy atom. The zero-order valence-corrected chi connectivity index (χ0v) is 20.2. The lowest BCUT2D eigenvalue weighted by atomic mass is 10.1. The Hall–Kier alpha value is -3.31. The van der Waals surface area contributed by atoms with Crippen molar-refractivity contribution in [1.82, 2.24) is 19.6 Å². The number of aromatic nitrogens is 2. The monoisotopic (exact) mass is 536 g/mol. The van der Waals surface area contributed by atoms with E-state index >= 15 is 0 Å². The van der Waals surface area contributed by atoms with Crippen molar-refractivity contribution in [2.24, 2.45) is 0 Å². The number of thioether (sulfide) groups is 1. The van der Waals surface area contributed by atoms with Crippen LogP contribution in [0.1, 0.15) is 16.7 Å². The van der Waals surface area contributed by atoms with Crippen molar-refractivity contribution < 1.29 is 27.2 Å². The first-order valence-corrected chi connectivity index (χ1v) is 11.9. The van der Waals surface area contributed by atoms with Crippen LogP contribution in [0.4, 0.5) is 22.4 Å². The molecule has 3 aromatic rings. The van der Waals surface area contributed by atoms with Gasteiger partial charge in [0.05, 0.1) is 41.0 Å². The van der Waals surface area contributed by atoms with E-state index in [4.69, 9.17) is 11.6 Å². The molecule has 12 heteroatoms. The van der Waals surface area contributed by atoms with Gasteiger partial charge in [0.25, 0.3) is 11.1 Å². The van der Waals surface area contributed by atoms with Gasteiger partial charge in [-0.1, -0.05) is 23.7 Å². The summed E-state index contributed by atoms with van der Waals surface area (Å²) in [5, 5.41) is 4.27. The van der Waals surface area contributed by atoms with E-state index < -0.39 is 29.1 Å². The summed E-state index contributed by atoms with van der Waals surface area (Å²) in [5.41, 5.74) is 0.380. The molecule has 3 heterocycles. The Labute approximate surface area is 211 Å². The SMILES string of the molecule is CN1C=C(N2C(=O)SC(=Cc3ccc4c(cnn4Cc4ccc(Cl)cc4C(F)(F)F)c3)C2=O)C(F)C1. The third kappa shape index (κ3) is 4.48. The number of benzene rings is 2. The van der Waals surface area contributed by atoms with Crippen LogP contribution in [0.5, 0.6) is 0 Å². The fraction of sp³-hybridized carbons (Fsp3) is 0.208. The predicted octanol–water partition coefficient (Wildman–Crippen LogP) is 5.92. The molecule has 2 amide bonds. The first-order valence-electron chi connectivity index (χ1n) is 10.7. The number of halogens is 5. The average Bonchev–Trinajstić information content (AvgIpc) is 3.43. The topological polar surface area (TPSA) is 58.4 Å². The highest BCUT2D eigenvalue weighted by Gasteiger charge is 2.42. The highest BCUT2D eigenvalue weighted by Crippen LogP contribution is 2.38. The lowest BCUT2D eigenvalue weighted by Gasteiger charge is -2.14. The molecular formula is C24H17ClF4N4O2S. The summed E-state index contributed by atoms with van der Waals surface area (Å²) in [6.45, 7) is -0.0566. The fourth-order valence-corrected chi connectivity index (χ4v) is 5.19. The van der Waals surface area contributed by atoms with Crippen molar-refractivity contribution >= 4 is 51.5 Å². The number of hydrogen-bond donors (Lipinski definition) is 0. The van der Waals surface area contributed by atoms with Crippen molar-refractivity contribution in [3.63, 3.8) is 0 Å². The van der Waals surface area contributed by atoms with Crippen LogP contribution in [0.3, 0.4) is 0 Å². The molecule has 0 bridgehead atoms. The van der Waals surface area contributed by atoms with E-state index in [1.54, 1.807) is 30.1 Å². The third-order valence-corrected chi connectivity index (χ3v) is 6.94. The minimum atomic E-state index is -4.56. The Morgan fingerprint density at radius 1 is 1.19 bits per heavy atom. The number of fused-ring (bicyclic) bond motifs is 1. The smallest absolute Gasteiger partial charge is 0.376 e. The summed E-state index contributed by atoms with van der Waals surface area (Å²) in [4.78, 5) is 27.8. The van der Waals surface area contributed by atoms with E-state index in [2.05, 4.69) is 5.10 Å². The summed E-state index contributed by atoms with van der Waals surface area (Å²) in [6, 6.07) is 8.66. The quantitative estimate of drug-likeness (QED) is 0.306. The van der Waals surface area contributed by atoms with Gasteiger partial charge in [0, 0.05) is 23.7 Å². The first kappa shape index (κ1) is 24.4. The molecule has 0 N–H and O–H groups in total. The second-order valence-electron chi connectivity index (χ2n) is 8.40. The second kappa shape index (κ2) is 8.97. The minimum Gasteiger partial charge on any atom is -0.376 e. The largest absolute Gasteiger partial charge is 0.416 e. The molecule has 1 saturated heterocycles. The number of rotatable bonds is 4. The molecule has 36 heavy (non-hydrogen) atoms. The molecule has 0 saturated carbocycles. The van der Waals surface area contributed by atoms with Gasteiger partial charge in [-0.3, -0.25) is 14.3 Å². The Kier molecular flexibility index (Phi) is 6.08. The van der Waals surface area contributed by atoms with Crippen molar-refractivity contribution in [1.29, 1.82) is 0 Å². The van der Waals surface area contributed by atoms with Crippen molar-refractivity contribution in [3.8, 4) is 0 Å². The third-order valence-electron chi connectivity index (χ3n) is 5.83. The standard InChI is InChI=1S/C24H17ClF4N4O2S/c1-31-11-18(26)20(12-31)33-22(34)21(36-23(33)35)7-13-2-5-19-15(6-13)9-30-32(19)10-14-3-4-16(25)8-17(14)24(27,28)29/h2-9,12,18H,10-11H2,1H3. The summed E-state index contributed by atoms with van der Waals surface area (Å²) in [6.07, 6.45) is -1.53. The normalized spacial score (nSPS) is 19.8. The molecule has 2 aromatic carbocycles. The van der Waals surface area contributed by atoms with Gasteiger partial charge >= 0.3 is 6.18 Å². The summed E-state index contributed by atoms with van der Waals surface area (Å²) in [7, 11) is 1.65. The van der Waals surface area contributed by atoms with E-state index in [1.807, 2.05) is 0 Å². The number of carbonyl (C=O) groups is 2. The zero-order chi connectivity index (χ0) is 25.8. The molecule has 0 radical (unpaired) electrons. The molecule has 1 aromatic heterocycles. The Balaban J connectivity index is 1.42. The highest BCUT2D eigenvalue weighted by molar-refractivity contribution is 8.18. The van der Waals surface area contributed by atoms with Gasteiger partial charge < -0.3 is 4.90 Å². The molecule has 5 rings (SSSR count). The molecular weight excluding hydrogens is 520 g/mol. The van der Waals surface area contributed by atoms with Gasteiger partial charge in [-0.05, 0) is 53.2 Å². The molecule has 186 valence electrons. The molecule has 0 aliphatic carbocycles. The summed E-state index contributed by atoms with van der Waals surface area (Å²) in [5.74, 6) is -0.604. The number of alkyl halides is 4. The van der Waals surface area contributed by atoms with Crippen molar-refractivity contribution in [3.05, 3.63) is 81.1 Å². The molecule has 0 spiro atoms. The minimum absolute atomic E-state index is 0.0104. The molecule has 2 aliphatic rings. The van der Waals surface area contributed by atoms with Crippen LogP contribution in [-0.4, -0.2) is 50.5 Å². The Morgan fingerprint density at radius 3 is 2.67 bits per heavy atom. The lowest BCUT2D eigenvalue weighted by Crippen LogP contribution is -2.31. The van der Waals surface area contributed by atoms with E-state index in [0.717, 1.165) is 22.7 Å². The molecule has 1 fully saturated rings. The molecule has 1 unspecified atom stereocenters. The molecule has 1 atom stereocenters. The maximum Gasteiger partial charge on any atom is 0.416 e. The fourth-order valence-electron chi connectivity index (χ4n) is 4.18. The van der Waals surface area contributed by atoms with Gasteiger partial charge in [-0.25, -0.2) is 9.29 Å². The predicted molar refractivity (Wildman–Crippen MR) is 129 cm³/mol. The number of carbonyl (C=O) groups excluding carboxylic acids is 2. The Bertz CT molecular complexity index is 1470. The van der Waals surface area contributed by atoms with E-state index in [9.17, 15) is 27.2 Å². The van der Waals surface area contributed by atoms with Crippen LogP contribution in [0.2, 0.25) is 5.02 Å². The number of hydrogen-bond acceptors (Lipinski definition) is 5. The van der Waals surface area contributed by atoms with E-state index in [0.29, 0.717) is 16.5 Å². The lowest BCUT2D eigenvalue weighted by molar-refractivity contribution is -0.138. The molecule has 6 nitrogen and oxygen atoms in total. The van der Waals surface area contributed by atoms with Gasteiger partial charge in [0.1, 0.15) is 0 Å². The number of amides is 2. The zero-order valence-electron chi connectivity index (χ0n) is 18.6. The van der Waals surface area contributed by atoms with Crippen molar-refractivity contribution in [2.75, 3.05) is 13.6 Å². The van der Waals surface area contributed by atoms with E-state index in [-0.39, 0.29) is 34.3 Å². The van der Waals surface area contributed by atoms with Crippen LogP contribution >= 0.6 is 23.4 Å². The summed E-state index contributed by atoms with van der Waals surface area (Å²) >= 11 is 6.48. The van der Waals surface area contributed by atoms with Crippen LogP contribution in [0.25, 0.3) is 17.0 Å². The average molecular weight is 537 g/mol. The van der Waals surface area contributed by atoms with Crippen LogP contribution in [0.15, 0.2) is 59.4 Å². The second-order valence-corrected chi connectivity index (χ2v) is 9.83.